The molecule has 0 saturated heterocycles. The van der Waals surface area contributed by atoms with Gasteiger partial charge >= 0.3 is 0 Å². The molecule has 0 radical (unpaired) electrons. The lowest BCUT2D eigenvalue weighted by Gasteiger charge is -2.08. The number of nitrogen functional groups attached to an aromatic ring is 1. The van der Waals surface area contributed by atoms with Crippen LogP contribution < -0.4 is 15.9 Å². The number of hydrazone groups is 1. The summed E-state index contributed by atoms with van der Waals surface area (Å²) in [7, 11) is 0. The number of amides is 1. The zero-order valence-corrected chi connectivity index (χ0v) is 16.8. The highest BCUT2D eigenvalue weighted by Crippen LogP contribution is 2.29. The van der Waals surface area contributed by atoms with Gasteiger partial charge in [0.15, 0.2) is 5.69 Å². The third kappa shape index (κ3) is 4.14. The number of benzene rings is 2. The first-order valence-electron chi connectivity index (χ1n) is 9.43. The van der Waals surface area contributed by atoms with Gasteiger partial charge in [0, 0.05) is 11.1 Å². The highest BCUT2D eigenvalue weighted by molar-refractivity contribution is 5.99. The Morgan fingerprint density at radius 3 is 2.88 bits per heavy atom. The van der Waals surface area contributed by atoms with Crippen molar-refractivity contribution in [3.8, 4) is 22.8 Å². The molecule has 2 aromatic heterocycles. The van der Waals surface area contributed by atoms with Gasteiger partial charge in [0.1, 0.15) is 17.3 Å². The quantitative estimate of drug-likeness (QED) is 0.331. The predicted octanol–water partition coefficient (Wildman–Crippen LogP) is 2.20. The first-order chi connectivity index (χ1) is 15.6. The molecule has 4 rings (SSSR count). The lowest BCUT2D eigenvalue weighted by atomic mass is 10.1. The molecule has 2 heterocycles. The van der Waals surface area contributed by atoms with E-state index in [0.29, 0.717) is 17.9 Å². The molecule has 12 heteroatoms. The van der Waals surface area contributed by atoms with Gasteiger partial charge < -0.3 is 10.5 Å². The van der Waals surface area contributed by atoms with Crippen LogP contribution in [0, 0.1) is 5.82 Å². The summed E-state index contributed by atoms with van der Waals surface area (Å²) in [6.07, 6.45) is 1.19. The van der Waals surface area contributed by atoms with Crippen molar-refractivity contribution in [3.05, 3.63) is 65.6 Å². The Bertz CT molecular complexity index is 1280. The van der Waals surface area contributed by atoms with Crippen molar-refractivity contribution < 1.29 is 18.6 Å². The van der Waals surface area contributed by atoms with Crippen molar-refractivity contribution in [3.63, 3.8) is 0 Å². The Morgan fingerprint density at radius 1 is 1.28 bits per heavy atom. The first-order valence-corrected chi connectivity index (χ1v) is 9.43. The highest BCUT2D eigenvalue weighted by Gasteiger charge is 2.25. The number of carbonyl (C=O) groups is 1. The topological polar surface area (TPSA) is 146 Å². The van der Waals surface area contributed by atoms with Crippen molar-refractivity contribution in [2.45, 2.75) is 6.92 Å². The molecule has 32 heavy (non-hydrogen) atoms. The third-order valence-corrected chi connectivity index (χ3v) is 4.27. The maximum Gasteiger partial charge on any atom is 0.294 e. The zero-order valence-electron chi connectivity index (χ0n) is 16.8. The molecule has 0 aliphatic heterocycles. The maximum atomic E-state index is 13.7. The number of aromatic nitrogens is 5. The summed E-state index contributed by atoms with van der Waals surface area (Å²) in [5.74, 6) is -0.563. The molecule has 0 fully saturated rings. The monoisotopic (exact) mass is 436 g/mol. The molecule has 0 atom stereocenters. The fourth-order valence-electron chi connectivity index (χ4n) is 2.87. The van der Waals surface area contributed by atoms with Gasteiger partial charge in [-0.2, -0.15) is 9.78 Å². The Kier molecular flexibility index (Phi) is 5.83. The number of nitrogens with one attached hydrogen (secondary N) is 1. The molecule has 0 aliphatic rings. The lowest BCUT2D eigenvalue weighted by Crippen LogP contribution is -2.19. The van der Waals surface area contributed by atoms with Crippen LogP contribution in [0.3, 0.4) is 0 Å². The smallest absolute Gasteiger partial charge is 0.294 e. The van der Waals surface area contributed by atoms with E-state index in [2.05, 4.69) is 35.8 Å². The van der Waals surface area contributed by atoms with Gasteiger partial charge in [-0.15, -0.1) is 5.10 Å². The molecule has 0 bridgehead atoms. The molecule has 1 amide bonds. The number of halogens is 1. The second-order valence-electron chi connectivity index (χ2n) is 6.35. The van der Waals surface area contributed by atoms with E-state index in [1.165, 1.54) is 23.0 Å². The largest absolute Gasteiger partial charge is 0.494 e. The SMILES string of the molecule is CCOc1cccc(-c2c(C(=O)N/N=C/c3ccccc3F)nnn2-c2nonc2N)c1. The fourth-order valence-corrected chi connectivity index (χ4v) is 2.87. The minimum Gasteiger partial charge on any atom is -0.494 e. The van der Waals surface area contributed by atoms with Crippen molar-refractivity contribution in [2.75, 3.05) is 12.3 Å². The van der Waals surface area contributed by atoms with E-state index in [9.17, 15) is 9.18 Å². The van der Waals surface area contributed by atoms with Gasteiger partial charge in [-0.25, -0.2) is 14.4 Å². The van der Waals surface area contributed by atoms with Crippen LogP contribution >= 0.6 is 0 Å². The fraction of sp³-hybridized carbons (Fsp3) is 0.100. The molecule has 4 aromatic rings. The summed E-state index contributed by atoms with van der Waals surface area (Å²) in [6.45, 7) is 2.31. The van der Waals surface area contributed by atoms with Crippen LogP contribution in [0.25, 0.3) is 17.1 Å². The van der Waals surface area contributed by atoms with E-state index >= 15 is 0 Å². The molecule has 162 valence electrons. The maximum absolute atomic E-state index is 13.7. The number of carbonyl (C=O) groups excluding carboxylic acids is 1. The van der Waals surface area contributed by atoms with Crippen LogP contribution in [0.5, 0.6) is 5.75 Å². The third-order valence-electron chi connectivity index (χ3n) is 4.27. The van der Waals surface area contributed by atoms with Crippen LogP contribution in [-0.2, 0) is 0 Å². The molecule has 0 aliphatic carbocycles. The summed E-state index contributed by atoms with van der Waals surface area (Å²) in [4.78, 5) is 12.8. The number of rotatable bonds is 7. The van der Waals surface area contributed by atoms with Gasteiger partial charge in [0.2, 0.25) is 11.6 Å². The van der Waals surface area contributed by atoms with E-state index in [4.69, 9.17) is 10.5 Å². The van der Waals surface area contributed by atoms with Gasteiger partial charge in [-0.3, -0.25) is 4.79 Å². The number of anilines is 1. The minimum absolute atomic E-state index is 0.0401. The lowest BCUT2D eigenvalue weighted by molar-refractivity contribution is 0.0950. The Balaban J connectivity index is 1.71. The van der Waals surface area contributed by atoms with Crippen LogP contribution in [0.4, 0.5) is 10.2 Å². The number of hydrogen-bond acceptors (Lipinski definition) is 9. The van der Waals surface area contributed by atoms with E-state index in [0.717, 1.165) is 0 Å². The zero-order chi connectivity index (χ0) is 22.5. The molecule has 0 spiro atoms. The summed E-state index contributed by atoms with van der Waals surface area (Å²) in [5, 5.41) is 19.0. The molecular formula is C20H17FN8O3. The highest BCUT2D eigenvalue weighted by atomic mass is 19.1. The minimum atomic E-state index is -0.685. The number of nitrogens with zero attached hydrogens (tertiary/aromatic N) is 6. The first kappa shape index (κ1) is 20.7. The number of ether oxygens (including phenoxy) is 1. The van der Waals surface area contributed by atoms with Crippen molar-refractivity contribution >= 4 is 17.9 Å². The van der Waals surface area contributed by atoms with Crippen LogP contribution in [0.2, 0.25) is 0 Å². The summed E-state index contributed by atoms with van der Waals surface area (Å²) in [6, 6.07) is 13.0. The Hall–Kier alpha value is -4.61. The van der Waals surface area contributed by atoms with Gasteiger partial charge in [-0.1, -0.05) is 35.5 Å². The van der Waals surface area contributed by atoms with Gasteiger partial charge in [-0.05, 0) is 35.4 Å². The van der Waals surface area contributed by atoms with Crippen molar-refractivity contribution in [1.82, 2.24) is 30.7 Å². The van der Waals surface area contributed by atoms with Gasteiger partial charge in [0.05, 0.1) is 12.8 Å². The van der Waals surface area contributed by atoms with E-state index < -0.39 is 11.7 Å². The van der Waals surface area contributed by atoms with Crippen LogP contribution in [0.15, 0.2) is 58.3 Å². The van der Waals surface area contributed by atoms with Gasteiger partial charge in [0.25, 0.3) is 5.91 Å². The summed E-state index contributed by atoms with van der Waals surface area (Å²) in [5.41, 5.74) is 9.06. The van der Waals surface area contributed by atoms with Crippen molar-refractivity contribution in [1.29, 1.82) is 0 Å². The van der Waals surface area contributed by atoms with E-state index in [1.54, 1.807) is 36.4 Å². The van der Waals surface area contributed by atoms with Crippen LogP contribution in [-0.4, -0.2) is 44.0 Å². The normalized spacial score (nSPS) is 11.1. The molecule has 0 unspecified atom stereocenters. The standard InChI is InChI=1S/C20H17FN8O3/c1-2-31-14-8-5-7-12(10-14)17-16(24-28-29(17)19-18(22)26-32-27-19)20(30)25-23-11-13-6-3-4-9-15(13)21/h3-11H,2H2,1H3,(H2,22,26)(H,25,30)/b23-11+. The van der Waals surface area contributed by atoms with E-state index in [-0.39, 0.29) is 28.6 Å². The molecule has 3 N–H and O–H groups in total. The number of hydrogen-bond donors (Lipinski definition) is 2. The summed E-state index contributed by atoms with van der Waals surface area (Å²) >= 11 is 0. The second-order valence-corrected chi connectivity index (χ2v) is 6.35. The van der Waals surface area contributed by atoms with Crippen LogP contribution in [0.1, 0.15) is 23.0 Å². The molecular weight excluding hydrogens is 419 g/mol. The Labute approximate surface area is 180 Å². The Morgan fingerprint density at radius 2 is 2.12 bits per heavy atom. The number of nitrogens with two attached hydrogens (primary N) is 1. The van der Waals surface area contributed by atoms with E-state index in [1.807, 2.05) is 6.92 Å². The summed E-state index contributed by atoms with van der Waals surface area (Å²) < 4.78 is 25.2. The average Bonchev–Trinajstić information content (AvgIpc) is 3.41. The molecule has 0 saturated carbocycles. The average molecular weight is 436 g/mol. The molecule has 11 nitrogen and oxygen atoms in total. The molecule has 2 aromatic carbocycles. The second kappa shape index (κ2) is 9.04. The van der Waals surface area contributed by atoms with Crippen molar-refractivity contribution in [2.24, 2.45) is 5.10 Å². The predicted molar refractivity (Wildman–Crippen MR) is 112 cm³/mol.